The number of allylic oxidation sites excluding steroid dienone is 1. The molecular formula is C16H27NO3. The summed E-state index contributed by atoms with van der Waals surface area (Å²) in [5.41, 5.74) is 0.535. The van der Waals surface area contributed by atoms with Gasteiger partial charge in [0.1, 0.15) is 0 Å². The fourth-order valence-corrected chi connectivity index (χ4v) is 3.72. The van der Waals surface area contributed by atoms with Gasteiger partial charge >= 0.3 is 5.97 Å². The molecule has 2 fully saturated rings. The van der Waals surface area contributed by atoms with E-state index in [4.69, 9.17) is 5.11 Å². The summed E-state index contributed by atoms with van der Waals surface area (Å²) in [5.74, 6) is -0.408. The first-order chi connectivity index (χ1) is 9.31. The van der Waals surface area contributed by atoms with Crippen LogP contribution in [0.25, 0.3) is 0 Å². The van der Waals surface area contributed by atoms with Crippen LogP contribution in [0, 0.1) is 11.8 Å². The predicted molar refractivity (Wildman–Crippen MR) is 78.5 cm³/mol. The Morgan fingerprint density at radius 2 is 1.85 bits per heavy atom. The van der Waals surface area contributed by atoms with Crippen molar-refractivity contribution < 1.29 is 15.0 Å². The summed E-state index contributed by atoms with van der Waals surface area (Å²) >= 11 is 0. The molecule has 1 heterocycles. The van der Waals surface area contributed by atoms with E-state index in [1.807, 2.05) is 6.92 Å². The lowest BCUT2D eigenvalue weighted by Gasteiger charge is -2.48. The van der Waals surface area contributed by atoms with Gasteiger partial charge in [0.25, 0.3) is 0 Å². The van der Waals surface area contributed by atoms with E-state index in [1.165, 1.54) is 5.57 Å². The molecule has 0 unspecified atom stereocenters. The van der Waals surface area contributed by atoms with E-state index in [9.17, 15) is 9.90 Å². The van der Waals surface area contributed by atoms with Crippen LogP contribution in [-0.2, 0) is 4.79 Å². The smallest absolute Gasteiger partial charge is 0.306 e. The van der Waals surface area contributed by atoms with Crippen molar-refractivity contribution in [3.05, 3.63) is 12.2 Å². The molecule has 114 valence electrons. The fraction of sp³-hybridized carbons (Fsp3) is 0.812. The topological polar surface area (TPSA) is 60.8 Å². The van der Waals surface area contributed by atoms with Crippen LogP contribution in [0.15, 0.2) is 12.2 Å². The Morgan fingerprint density at radius 3 is 2.35 bits per heavy atom. The third-order valence-corrected chi connectivity index (χ3v) is 5.24. The van der Waals surface area contributed by atoms with Gasteiger partial charge in [-0.3, -0.25) is 9.69 Å². The van der Waals surface area contributed by atoms with Crippen LogP contribution in [0.4, 0.5) is 0 Å². The molecule has 0 amide bonds. The zero-order chi connectivity index (χ0) is 14.9. The largest absolute Gasteiger partial charge is 0.481 e. The van der Waals surface area contributed by atoms with Gasteiger partial charge in [0.05, 0.1) is 11.5 Å². The molecule has 3 atom stereocenters. The van der Waals surface area contributed by atoms with Crippen molar-refractivity contribution in [3.63, 3.8) is 0 Å². The molecule has 2 aliphatic rings. The average molecular weight is 281 g/mol. The Hall–Kier alpha value is -0.870. The van der Waals surface area contributed by atoms with Crippen LogP contribution in [0.3, 0.4) is 0 Å². The van der Waals surface area contributed by atoms with Crippen molar-refractivity contribution >= 4 is 5.97 Å². The lowest BCUT2D eigenvalue weighted by Crippen LogP contribution is -2.56. The van der Waals surface area contributed by atoms with E-state index < -0.39 is 11.6 Å². The second-order valence-corrected chi connectivity index (χ2v) is 6.84. The van der Waals surface area contributed by atoms with E-state index >= 15 is 0 Å². The summed E-state index contributed by atoms with van der Waals surface area (Å²) in [6.07, 6.45) is 4.14. The second kappa shape index (κ2) is 5.86. The lowest BCUT2D eigenvalue weighted by molar-refractivity contribution is -0.144. The molecule has 0 bridgehead atoms. The Morgan fingerprint density at radius 1 is 1.25 bits per heavy atom. The molecular weight excluding hydrogens is 254 g/mol. The molecule has 1 aliphatic heterocycles. The number of aliphatic carboxylic acids is 1. The van der Waals surface area contributed by atoms with E-state index in [0.29, 0.717) is 18.8 Å². The number of rotatable bonds is 3. The number of carbonyl (C=O) groups is 1. The van der Waals surface area contributed by atoms with Crippen molar-refractivity contribution in [3.8, 4) is 0 Å². The van der Waals surface area contributed by atoms with Crippen LogP contribution in [-0.4, -0.2) is 45.8 Å². The van der Waals surface area contributed by atoms with Gasteiger partial charge in [0, 0.05) is 6.04 Å². The van der Waals surface area contributed by atoms with Gasteiger partial charge in [-0.05, 0) is 65.0 Å². The summed E-state index contributed by atoms with van der Waals surface area (Å²) in [4.78, 5) is 13.3. The minimum absolute atomic E-state index is 0.132. The molecule has 4 heteroatoms. The normalized spacial score (nSPS) is 36.8. The first kappa shape index (κ1) is 15.5. The number of aliphatic hydroxyl groups is 1. The highest BCUT2D eigenvalue weighted by Crippen LogP contribution is 2.39. The Labute approximate surface area is 121 Å². The van der Waals surface area contributed by atoms with Crippen molar-refractivity contribution in [2.45, 2.75) is 57.6 Å². The second-order valence-electron chi connectivity index (χ2n) is 6.84. The first-order valence-corrected chi connectivity index (χ1v) is 7.66. The molecule has 0 aromatic heterocycles. The van der Waals surface area contributed by atoms with Crippen molar-refractivity contribution in [2.75, 3.05) is 13.1 Å². The zero-order valence-corrected chi connectivity index (χ0v) is 12.6. The van der Waals surface area contributed by atoms with Gasteiger partial charge in [-0.2, -0.15) is 0 Å². The minimum atomic E-state index is -0.681. The number of likely N-dealkylation sites (tertiary alicyclic amines) is 1. The average Bonchev–Trinajstić information content (AvgIpc) is 2.38. The van der Waals surface area contributed by atoms with Gasteiger partial charge in [-0.1, -0.05) is 12.2 Å². The molecule has 0 aromatic rings. The molecule has 20 heavy (non-hydrogen) atoms. The van der Waals surface area contributed by atoms with Crippen LogP contribution in [0.5, 0.6) is 0 Å². The minimum Gasteiger partial charge on any atom is -0.481 e. The van der Waals surface area contributed by atoms with Crippen molar-refractivity contribution in [1.82, 2.24) is 4.90 Å². The maximum Gasteiger partial charge on any atom is 0.306 e. The number of hydrogen-bond donors (Lipinski definition) is 2. The highest BCUT2D eigenvalue weighted by molar-refractivity contribution is 5.70. The number of nitrogens with zero attached hydrogens (tertiary/aromatic N) is 1. The number of carboxylic acid groups (broad SMARTS) is 1. The van der Waals surface area contributed by atoms with Gasteiger partial charge in [-0.25, -0.2) is 0 Å². The molecule has 1 saturated heterocycles. The van der Waals surface area contributed by atoms with Crippen molar-refractivity contribution in [2.24, 2.45) is 11.8 Å². The third-order valence-electron chi connectivity index (χ3n) is 5.24. The van der Waals surface area contributed by atoms with Crippen LogP contribution >= 0.6 is 0 Å². The monoisotopic (exact) mass is 281 g/mol. The van der Waals surface area contributed by atoms with E-state index in [2.05, 4.69) is 18.4 Å². The van der Waals surface area contributed by atoms with Crippen LogP contribution in [0.2, 0.25) is 0 Å². The summed E-state index contributed by atoms with van der Waals surface area (Å²) in [7, 11) is 0. The standard InChI is InChI=1S/C16H27NO3/c1-11(2)13-4-7-16(3,20)14(10-13)17-8-5-12(6-9-17)15(18)19/h12-14,20H,1,4-10H2,2-3H3,(H,18,19)/t13-,14+,16+/m0/s1. The zero-order valence-electron chi connectivity index (χ0n) is 12.6. The Kier molecular flexibility index (Phi) is 4.55. The number of carboxylic acids is 1. The number of hydrogen-bond acceptors (Lipinski definition) is 3. The van der Waals surface area contributed by atoms with Crippen molar-refractivity contribution in [1.29, 1.82) is 0 Å². The van der Waals surface area contributed by atoms with Gasteiger partial charge in [0.2, 0.25) is 0 Å². The molecule has 1 saturated carbocycles. The predicted octanol–water partition coefficient (Wildman–Crippen LogP) is 2.28. The quantitative estimate of drug-likeness (QED) is 0.779. The molecule has 2 N–H and O–H groups in total. The molecule has 0 spiro atoms. The summed E-state index contributed by atoms with van der Waals surface area (Å²) in [6.45, 7) is 9.61. The molecule has 4 nitrogen and oxygen atoms in total. The maximum atomic E-state index is 11.0. The summed E-state index contributed by atoms with van der Waals surface area (Å²) in [5, 5.41) is 19.7. The third kappa shape index (κ3) is 3.23. The van der Waals surface area contributed by atoms with E-state index in [-0.39, 0.29) is 12.0 Å². The van der Waals surface area contributed by atoms with Crippen LogP contribution < -0.4 is 0 Å². The molecule has 1 aliphatic carbocycles. The Balaban J connectivity index is 2.02. The van der Waals surface area contributed by atoms with Gasteiger partial charge in [-0.15, -0.1) is 0 Å². The maximum absolute atomic E-state index is 11.0. The lowest BCUT2D eigenvalue weighted by atomic mass is 9.72. The van der Waals surface area contributed by atoms with Gasteiger partial charge in [0.15, 0.2) is 0 Å². The van der Waals surface area contributed by atoms with Gasteiger partial charge < -0.3 is 10.2 Å². The Bertz CT molecular complexity index is 383. The van der Waals surface area contributed by atoms with E-state index in [1.54, 1.807) is 0 Å². The highest BCUT2D eigenvalue weighted by atomic mass is 16.4. The summed E-state index contributed by atoms with van der Waals surface area (Å²) < 4.78 is 0. The van der Waals surface area contributed by atoms with E-state index in [0.717, 1.165) is 32.4 Å². The molecule has 2 rings (SSSR count). The number of piperidine rings is 1. The van der Waals surface area contributed by atoms with Crippen LogP contribution in [0.1, 0.15) is 46.0 Å². The fourth-order valence-electron chi connectivity index (χ4n) is 3.72. The highest BCUT2D eigenvalue weighted by Gasteiger charge is 2.43. The molecule has 0 aromatic carbocycles. The SMILES string of the molecule is C=C(C)[C@H]1CC[C@@](C)(O)[C@H](N2CCC(C(=O)O)CC2)C1. The molecule has 0 radical (unpaired) electrons. The summed E-state index contributed by atoms with van der Waals surface area (Å²) in [6, 6.07) is 0.132. The first-order valence-electron chi connectivity index (χ1n) is 7.66.